The number of aryl methyl sites for hydroxylation is 1. The minimum atomic E-state index is -1.000. The summed E-state index contributed by atoms with van der Waals surface area (Å²) in [4.78, 5) is 63.5. The molecule has 3 N–H and O–H groups in total. The molecule has 41 heavy (non-hydrogen) atoms. The molecule has 1 fully saturated rings. The quantitative estimate of drug-likeness (QED) is 0.274. The highest BCUT2D eigenvalue weighted by molar-refractivity contribution is 6.25. The molecular weight excluding hydrogens is 520 g/mol. The Morgan fingerprint density at radius 2 is 1.78 bits per heavy atom. The minimum absolute atomic E-state index is 0.0112. The second kappa shape index (κ2) is 12.7. The van der Waals surface area contributed by atoms with Crippen LogP contribution in [0.5, 0.6) is 0 Å². The van der Waals surface area contributed by atoms with Crippen molar-refractivity contribution in [3.05, 3.63) is 63.7 Å². The van der Waals surface area contributed by atoms with E-state index >= 15 is 0 Å². The lowest BCUT2D eigenvalue weighted by atomic mass is 9.86. The van der Waals surface area contributed by atoms with E-state index in [4.69, 9.17) is 0 Å². The summed E-state index contributed by atoms with van der Waals surface area (Å²) in [6.45, 7) is 12.0. The molecule has 5 amide bonds. The smallest absolute Gasteiger partial charge is 0.264 e. The van der Waals surface area contributed by atoms with Crippen LogP contribution in [-0.4, -0.2) is 47.0 Å². The van der Waals surface area contributed by atoms with Gasteiger partial charge in [0.2, 0.25) is 17.7 Å². The molecule has 2 aromatic carbocycles. The number of hydrogen-bond acceptors (Lipinski definition) is 6. The molecule has 0 saturated carbocycles. The van der Waals surface area contributed by atoms with Gasteiger partial charge in [-0.1, -0.05) is 45.9 Å². The van der Waals surface area contributed by atoms with Crippen molar-refractivity contribution in [2.75, 3.05) is 11.9 Å². The number of rotatable bonds is 11. The van der Waals surface area contributed by atoms with Crippen LogP contribution in [0.2, 0.25) is 0 Å². The monoisotopic (exact) mass is 560 g/mol. The van der Waals surface area contributed by atoms with Crippen molar-refractivity contribution in [1.82, 2.24) is 15.5 Å². The summed E-state index contributed by atoms with van der Waals surface area (Å²) in [5.41, 5.74) is 6.08. The van der Waals surface area contributed by atoms with Gasteiger partial charge in [-0.25, -0.2) is 0 Å². The Kier molecular flexibility index (Phi) is 9.25. The zero-order valence-corrected chi connectivity index (χ0v) is 24.6. The third kappa shape index (κ3) is 6.50. The molecule has 0 aliphatic carbocycles. The Hall–Kier alpha value is -4.01. The van der Waals surface area contributed by atoms with E-state index in [-0.39, 0.29) is 29.9 Å². The summed E-state index contributed by atoms with van der Waals surface area (Å²) < 4.78 is 0. The van der Waals surface area contributed by atoms with Crippen molar-refractivity contribution in [1.29, 1.82) is 0 Å². The van der Waals surface area contributed by atoms with Crippen LogP contribution in [0.1, 0.15) is 115 Å². The van der Waals surface area contributed by atoms with Crippen molar-refractivity contribution >= 4 is 35.2 Å². The molecule has 2 heterocycles. The molecule has 1 unspecified atom stereocenters. The Morgan fingerprint density at radius 3 is 2.46 bits per heavy atom. The first-order valence-electron chi connectivity index (χ1n) is 14.5. The molecule has 2 aliphatic rings. The predicted octanol–water partition coefficient (Wildman–Crippen LogP) is 4.54. The van der Waals surface area contributed by atoms with E-state index in [2.05, 4.69) is 62.7 Å². The molecule has 0 spiro atoms. The number of piperidine rings is 1. The Balaban J connectivity index is 1.27. The van der Waals surface area contributed by atoms with Gasteiger partial charge in [-0.05, 0) is 72.4 Å². The number of carbonyl (C=O) groups excluding carboxylic acids is 5. The highest BCUT2D eigenvalue weighted by atomic mass is 16.2. The largest absolute Gasteiger partial charge is 0.384 e. The second-order valence-electron chi connectivity index (χ2n) is 11.6. The van der Waals surface area contributed by atoms with E-state index in [1.165, 1.54) is 16.7 Å². The van der Waals surface area contributed by atoms with E-state index in [9.17, 15) is 24.0 Å². The zero-order chi connectivity index (χ0) is 29.8. The summed E-state index contributed by atoms with van der Waals surface area (Å²) in [5, 5.41) is 8.46. The molecule has 9 nitrogen and oxygen atoms in total. The lowest BCUT2D eigenvalue weighted by Gasteiger charge is -2.27. The van der Waals surface area contributed by atoms with E-state index in [1.54, 1.807) is 18.2 Å². The van der Waals surface area contributed by atoms with Crippen LogP contribution in [0.3, 0.4) is 0 Å². The van der Waals surface area contributed by atoms with Crippen LogP contribution in [0.15, 0.2) is 30.3 Å². The fourth-order valence-corrected chi connectivity index (χ4v) is 5.86. The van der Waals surface area contributed by atoms with Crippen LogP contribution in [0.4, 0.5) is 5.69 Å². The van der Waals surface area contributed by atoms with Crippen molar-refractivity contribution < 1.29 is 24.0 Å². The normalized spacial score (nSPS) is 16.9. The molecule has 0 radical (unpaired) electrons. The fraction of sp³-hybridized carbons (Fsp3) is 0.469. The summed E-state index contributed by atoms with van der Waals surface area (Å²) in [6.07, 6.45) is 1.92. The van der Waals surface area contributed by atoms with Crippen molar-refractivity contribution in [2.45, 2.75) is 91.1 Å². The number of fused-ring (bicyclic) bond motifs is 1. The van der Waals surface area contributed by atoms with Crippen LogP contribution in [-0.2, 0) is 20.9 Å². The van der Waals surface area contributed by atoms with Gasteiger partial charge in [0.05, 0.1) is 11.1 Å². The van der Waals surface area contributed by atoms with Crippen LogP contribution < -0.4 is 16.0 Å². The van der Waals surface area contributed by atoms with Gasteiger partial charge < -0.3 is 10.6 Å². The lowest BCUT2D eigenvalue weighted by Crippen LogP contribution is -2.54. The number of unbranched alkanes of at least 4 members (excludes halogenated alkanes) is 1. The fourth-order valence-electron chi connectivity index (χ4n) is 5.86. The summed E-state index contributed by atoms with van der Waals surface area (Å²) in [6, 6.07) is 8.36. The van der Waals surface area contributed by atoms with Crippen molar-refractivity contribution in [2.24, 2.45) is 0 Å². The molecular formula is C32H40N4O5. The summed E-state index contributed by atoms with van der Waals surface area (Å²) >= 11 is 0. The second-order valence-corrected chi connectivity index (χ2v) is 11.6. The van der Waals surface area contributed by atoms with Gasteiger partial charge in [0.25, 0.3) is 11.8 Å². The van der Waals surface area contributed by atoms with E-state index in [1.807, 2.05) is 0 Å². The van der Waals surface area contributed by atoms with Gasteiger partial charge in [0.1, 0.15) is 6.04 Å². The maximum absolute atomic E-state index is 13.2. The van der Waals surface area contributed by atoms with Gasteiger partial charge in [-0.2, -0.15) is 0 Å². The van der Waals surface area contributed by atoms with Crippen LogP contribution in [0.25, 0.3) is 0 Å². The highest BCUT2D eigenvalue weighted by Crippen LogP contribution is 2.33. The molecule has 1 atom stereocenters. The standard InChI is InChI=1S/C32H40N4O5/c1-18(2)23-16-21(15-20(5)28(23)19(3)4)17-34-26(37)11-6-7-14-33-24-10-8-9-22-29(24)32(41)36(31(22)40)25-12-13-27(38)35-30(25)39/h8-10,15-16,18-19,25,33H,6-7,11-14,17H2,1-5H3,(H,34,37)(H,35,38,39). The predicted molar refractivity (Wildman–Crippen MR) is 157 cm³/mol. The zero-order valence-electron chi connectivity index (χ0n) is 24.6. The SMILES string of the molecule is Cc1cc(CNC(=O)CCCCNc2cccc3c2C(=O)N(C2CCC(=O)NC2=O)C3=O)cc(C(C)C)c1C(C)C. The van der Waals surface area contributed by atoms with Crippen LogP contribution in [0, 0.1) is 6.92 Å². The number of nitrogens with zero attached hydrogens (tertiary/aromatic N) is 1. The van der Waals surface area contributed by atoms with Gasteiger partial charge in [-0.3, -0.25) is 34.2 Å². The first-order chi connectivity index (χ1) is 19.5. The molecule has 1 saturated heterocycles. The summed E-state index contributed by atoms with van der Waals surface area (Å²) in [5.74, 6) is -1.27. The molecule has 9 heteroatoms. The van der Waals surface area contributed by atoms with Gasteiger partial charge >= 0.3 is 0 Å². The van der Waals surface area contributed by atoms with E-state index in [0.717, 1.165) is 10.5 Å². The average molecular weight is 561 g/mol. The number of amides is 5. The number of hydrogen-bond donors (Lipinski definition) is 3. The van der Waals surface area contributed by atoms with Gasteiger partial charge in [0, 0.05) is 31.6 Å². The molecule has 0 bridgehead atoms. The average Bonchev–Trinajstić information content (AvgIpc) is 3.16. The Labute approximate surface area is 241 Å². The number of carbonyl (C=O) groups is 5. The van der Waals surface area contributed by atoms with Crippen molar-refractivity contribution in [3.8, 4) is 0 Å². The van der Waals surface area contributed by atoms with Crippen molar-refractivity contribution in [3.63, 3.8) is 0 Å². The topological polar surface area (TPSA) is 125 Å². The molecule has 4 rings (SSSR count). The molecule has 2 aliphatic heterocycles. The molecule has 2 aromatic rings. The first kappa shape index (κ1) is 30.0. The maximum Gasteiger partial charge on any atom is 0.264 e. The van der Waals surface area contributed by atoms with Gasteiger partial charge in [0.15, 0.2) is 0 Å². The van der Waals surface area contributed by atoms with E-state index in [0.29, 0.717) is 49.9 Å². The molecule has 218 valence electrons. The minimum Gasteiger partial charge on any atom is -0.384 e. The third-order valence-corrected chi connectivity index (χ3v) is 7.78. The first-order valence-corrected chi connectivity index (χ1v) is 14.5. The third-order valence-electron chi connectivity index (χ3n) is 7.78. The summed E-state index contributed by atoms with van der Waals surface area (Å²) in [7, 11) is 0. The lowest BCUT2D eigenvalue weighted by molar-refractivity contribution is -0.136. The number of nitrogens with one attached hydrogen (secondary N) is 3. The highest BCUT2D eigenvalue weighted by Gasteiger charge is 2.45. The maximum atomic E-state index is 13.2. The molecule has 0 aromatic heterocycles. The number of anilines is 1. The van der Waals surface area contributed by atoms with E-state index < -0.39 is 29.7 Å². The number of benzene rings is 2. The van der Waals surface area contributed by atoms with Gasteiger partial charge in [-0.15, -0.1) is 0 Å². The van der Waals surface area contributed by atoms with Crippen LogP contribution >= 0.6 is 0 Å². The Morgan fingerprint density at radius 1 is 1.02 bits per heavy atom. The Bertz CT molecular complexity index is 1380. The number of imide groups is 2.